The van der Waals surface area contributed by atoms with Crippen LogP contribution in [0.15, 0.2) is 30.7 Å². The largest absolute Gasteiger partial charge is 0.406 e. The van der Waals surface area contributed by atoms with E-state index in [1.54, 1.807) is 11.6 Å². The predicted molar refractivity (Wildman–Crippen MR) is 87.0 cm³/mol. The van der Waals surface area contributed by atoms with E-state index in [1.165, 1.54) is 6.33 Å². The van der Waals surface area contributed by atoms with Gasteiger partial charge < -0.3 is 15.0 Å². The Morgan fingerprint density at radius 3 is 3.04 bits per heavy atom. The summed E-state index contributed by atoms with van der Waals surface area (Å²) in [6, 6.07) is 5.80. The second kappa shape index (κ2) is 5.59. The van der Waals surface area contributed by atoms with Crippen molar-refractivity contribution >= 4 is 17.3 Å². The quantitative estimate of drug-likeness (QED) is 0.537. The molecule has 0 amide bonds. The van der Waals surface area contributed by atoms with Gasteiger partial charge in [0.25, 0.3) is 0 Å². The fourth-order valence-electron chi connectivity index (χ4n) is 3.42. The van der Waals surface area contributed by atoms with Crippen LogP contribution in [0, 0.1) is 10.1 Å². The highest BCUT2D eigenvalue weighted by Crippen LogP contribution is 2.33. The Labute approximate surface area is 137 Å². The first-order chi connectivity index (χ1) is 11.6. The van der Waals surface area contributed by atoms with E-state index in [0.29, 0.717) is 12.4 Å². The van der Waals surface area contributed by atoms with E-state index in [2.05, 4.69) is 15.2 Å². The minimum atomic E-state index is -0.425. The number of rotatable bonds is 3. The first kappa shape index (κ1) is 14.6. The lowest BCUT2D eigenvalue weighted by atomic mass is 9.97. The molecular weight excluding hydrogens is 310 g/mol. The van der Waals surface area contributed by atoms with Crippen molar-refractivity contribution in [2.75, 3.05) is 18.0 Å². The molecule has 1 aliphatic heterocycles. The molecular formula is C15H17N7O2. The molecule has 1 saturated heterocycles. The second-order valence-corrected chi connectivity index (χ2v) is 6.03. The molecule has 0 N–H and O–H groups in total. The number of anilines is 1. The smallest absolute Gasteiger partial charge is 0.358 e. The molecule has 0 aromatic carbocycles. The van der Waals surface area contributed by atoms with Crippen molar-refractivity contribution < 1.29 is 4.92 Å². The summed E-state index contributed by atoms with van der Waals surface area (Å²) in [5.41, 5.74) is 0.816. The van der Waals surface area contributed by atoms with Gasteiger partial charge in [0, 0.05) is 32.3 Å². The van der Waals surface area contributed by atoms with E-state index < -0.39 is 4.92 Å². The lowest BCUT2D eigenvalue weighted by Crippen LogP contribution is -2.36. The molecule has 4 rings (SSSR count). The Morgan fingerprint density at radius 1 is 1.33 bits per heavy atom. The molecule has 0 spiro atoms. The molecule has 1 unspecified atom stereocenters. The molecule has 3 aromatic rings. The van der Waals surface area contributed by atoms with Crippen molar-refractivity contribution in [2.45, 2.75) is 18.8 Å². The molecule has 1 aliphatic rings. The first-order valence-corrected chi connectivity index (χ1v) is 7.85. The van der Waals surface area contributed by atoms with Gasteiger partial charge in [0.2, 0.25) is 12.1 Å². The number of piperidine rings is 1. The zero-order valence-corrected chi connectivity index (χ0v) is 13.2. The van der Waals surface area contributed by atoms with Crippen LogP contribution < -0.4 is 4.90 Å². The molecule has 1 fully saturated rings. The van der Waals surface area contributed by atoms with Gasteiger partial charge in [-0.3, -0.25) is 8.97 Å². The molecule has 0 saturated carbocycles. The number of aryl methyl sites for hydroxylation is 1. The van der Waals surface area contributed by atoms with Gasteiger partial charge in [0.15, 0.2) is 5.65 Å². The fraction of sp³-hybridized carbons (Fsp3) is 0.400. The molecule has 0 radical (unpaired) electrons. The van der Waals surface area contributed by atoms with E-state index in [0.717, 1.165) is 30.9 Å². The summed E-state index contributed by atoms with van der Waals surface area (Å²) in [6.45, 7) is 1.43. The normalized spacial score (nSPS) is 18.2. The summed E-state index contributed by atoms with van der Waals surface area (Å²) in [5, 5.41) is 19.8. The van der Waals surface area contributed by atoms with Crippen molar-refractivity contribution in [3.8, 4) is 0 Å². The van der Waals surface area contributed by atoms with Crippen molar-refractivity contribution in [2.24, 2.45) is 7.05 Å². The Morgan fingerprint density at radius 2 is 2.21 bits per heavy atom. The third kappa shape index (κ3) is 2.29. The van der Waals surface area contributed by atoms with Crippen LogP contribution in [-0.2, 0) is 7.05 Å². The number of hydrogen-bond acceptors (Lipinski definition) is 6. The maximum atomic E-state index is 11.2. The number of pyridine rings is 1. The summed E-state index contributed by atoms with van der Waals surface area (Å²) in [5.74, 6) is 1.54. The van der Waals surface area contributed by atoms with Crippen LogP contribution in [0.25, 0.3) is 5.65 Å². The van der Waals surface area contributed by atoms with Gasteiger partial charge in [0.1, 0.15) is 5.82 Å². The average Bonchev–Trinajstić information content (AvgIpc) is 3.18. The van der Waals surface area contributed by atoms with Gasteiger partial charge in [-0.25, -0.2) is 0 Å². The van der Waals surface area contributed by atoms with Gasteiger partial charge in [-0.05, 0) is 34.9 Å². The molecule has 124 valence electrons. The van der Waals surface area contributed by atoms with Crippen molar-refractivity contribution in [3.05, 3.63) is 46.7 Å². The minimum Gasteiger partial charge on any atom is -0.358 e. The van der Waals surface area contributed by atoms with Crippen molar-refractivity contribution in [1.29, 1.82) is 0 Å². The molecule has 4 heterocycles. The van der Waals surface area contributed by atoms with E-state index in [4.69, 9.17) is 0 Å². The summed E-state index contributed by atoms with van der Waals surface area (Å²) in [7, 11) is 1.78. The lowest BCUT2D eigenvalue weighted by molar-refractivity contribution is -0.388. The van der Waals surface area contributed by atoms with E-state index in [-0.39, 0.29) is 11.7 Å². The molecule has 0 bridgehead atoms. The van der Waals surface area contributed by atoms with Crippen LogP contribution >= 0.6 is 0 Å². The number of nitrogens with zero attached hydrogens (tertiary/aromatic N) is 7. The van der Waals surface area contributed by atoms with E-state index in [9.17, 15) is 10.1 Å². The zero-order chi connectivity index (χ0) is 16.7. The van der Waals surface area contributed by atoms with Crippen LogP contribution in [0.1, 0.15) is 24.6 Å². The van der Waals surface area contributed by atoms with Crippen LogP contribution in [0.5, 0.6) is 0 Å². The van der Waals surface area contributed by atoms with Crippen LogP contribution in [0.3, 0.4) is 0 Å². The van der Waals surface area contributed by atoms with E-state index >= 15 is 0 Å². The van der Waals surface area contributed by atoms with Crippen molar-refractivity contribution in [1.82, 2.24) is 24.1 Å². The molecule has 9 heteroatoms. The SMILES string of the molecule is Cn1cnc([N+](=O)[O-])c1N1CCCC(c2nnc3ccccn23)C1. The standard InChI is InChI=1S/C15H17N7O2/c1-19-10-16-14(22(23)24)15(19)20-7-4-5-11(9-20)13-18-17-12-6-2-3-8-21(12)13/h2-3,6,8,10-11H,4-5,7,9H2,1H3. The maximum Gasteiger partial charge on any atom is 0.406 e. The number of aromatic nitrogens is 5. The predicted octanol–water partition coefficient (Wildman–Crippen LogP) is 1.75. The number of hydrogen-bond donors (Lipinski definition) is 0. The van der Waals surface area contributed by atoms with Gasteiger partial charge >= 0.3 is 5.82 Å². The fourth-order valence-corrected chi connectivity index (χ4v) is 3.42. The second-order valence-electron chi connectivity index (χ2n) is 6.03. The summed E-state index contributed by atoms with van der Waals surface area (Å²) in [4.78, 5) is 16.8. The third-order valence-electron chi connectivity index (χ3n) is 4.49. The Bertz CT molecular complexity index is 900. The van der Waals surface area contributed by atoms with Gasteiger partial charge in [-0.2, -0.15) is 0 Å². The van der Waals surface area contributed by atoms with Crippen molar-refractivity contribution in [3.63, 3.8) is 0 Å². The Hall–Kier alpha value is -2.97. The van der Waals surface area contributed by atoms with Gasteiger partial charge in [-0.1, -0.05) is 6.07 Å². The topological polar surface area (TPSA) is 94.4 Å². The Kier molecular flexibility index (Phi) is 3.40. The summed E-state index contributed by atoms with van der Waals surface area (Å²) < 4.78 is 3.70. The van der Waals surface area contributed by atoms with Gasteiger partial charge in [0.05, 0.1) is 0 Å². The summed E-state index contributed by atoms with van der Waals surface area (Å²) in [6.07, 6.45) is 5.37. The number of nitro groups is 1. The molecule has 0 aliphatic carbocycles. The molecule has 3 aromatic heterocycles. The summed E-state index contributed by atoms with van der Waals surface area (Å²) >= 11 is 0. The Balaban J connectivity index is 1.67. The van der Waals surface area contributed by atoms with Crippen LogP contribution in [0.4, 0.5) is 11.6 Å². The van der Waals surface area contributed by atoms with E-state index in [1.807, 2.05) is 33.7 Å². The first-order valence-electron chi connectivity index (χ1n) is 7.85. The zero-order valence-electron chi connectivity index (χ0n) is 13.2. The number of fused-ring (bicyclic) bond motifs is 1. The van der Waals surface area contributed by atoms with Gasteiger partial charge in [-0.15, -0.1) is 10.2 Å². The van der Waals surface area contributed by atoms with Crippen LogP contribution in [-0.4, -0.2) is 42.2 Å². The highest BCUT2D eigenvalue weighted by Gasteiger charge is 2.31. The number of imidazole rings is 1. The molecule has 9 nitrogen and oxygen atoms in total. The maximum absolute atomic E-state index is 11.2. The van der Waals surface area contributed by atoms with Crippen LogP contribution in [0.2, 0.25) is 0 Å². The highest BCUT2D eigenvalue weighted by molar-refractivity contribution is 5.55. The molecule has 1 atom stereocenters. The molecule has 24 heavy (non-hydrogen) atoms. The average molecular weight is 327 g/mol. The monoisotopic (exact) mass is 327 g/mol. The minimum absolute atomic E-state index is 0.0933. The third-order valence-corrected chi connectivity index (χ3v) is 4.49. The lowest BCUT2D eigenvalue weighted by Gasteiger charge is -2.32. The highest BCUT2D eigenvalue weighted by atomic mass is 16.6.